The molecule has 0 bridgehead atoms. The first-order valence-corrected chi connectivity index (χ1v) is 6.25. The van der Waals surface area contributed by atoms with Gasteiger partial charge in [-0.2, -0.15) is 0 Å². The molecule has 2 heterocycles. The van der Waals surface area contributed by atoms with Crippen molar-refractivity contribution in [1.29, 1.82) is 0 Å². The zero-order valence-electron chi connectivity index (χ0n) is 6.66. The second-order valence-corrected chi connectivity index (χ2v) is 5.55. The molecule has 0 aliphatic heterocycles. The number of rotatable bonds is 1. The molecule has 0 atom stereocenters. The van der Waals surface area contributed by atoms with E-state index < -0.39 is 9.05 Å². The number of hydrogen-bond donors (Lipinski definition) is 1. The lowest BCUT2D eigenvalue weighted by Crippen LogP contribution is -1.89. The van der Waals surface area contributed by atoms with E-state index in [2.05, 4.69) is 9.97 Å². The molecule has 7 heteroatoms. The monoisotopic (exact) mass is 250 g/mol. The summed E-state index contributed by atoms with van der Waals surface area (Å²) in [5.74, 6) is 0. The van der Waals surface area contributed by atoms with Crippen molar-refractivity contribution in [2.75, 3.05) is 0 Å². The number of nitrogens with zero attached hydrogens (tertiary/aromatic N) is 1. The summed E-state index contributed by atoms with van der Waals surface area (Å²) >= 11 is 5.81. The Balaban J connectivity index is 2.90. The fourth-order valence-corrected chi connectivity index (χ4v) is 2.29. The van der Waals surface area contributed by atoms with Crippen LogP contribution in [-0.2, 0) is 9.05 Å². The third kappa shape index (κ3) is 1.47. The van der Waals surface area contributed by atoms with E-state index in [4.69, 9.17) is 22.3 Å². The Morgan fingerprint density at radius 3 is 2.79 bits per heavy atom. The van der Waals surface area contributed by atoms with E-state index in [0.717, 1.165) is 0 Å². The van der Waals surface area contributed by atoms with Crippen LogP contribution in [0.3, 0.4) is 0 Å². The fraction of sp³-hybridized carbons (Fsp3) is 0. The van der Waals surface area contributed by atoms with Crippen LogP contribution in [0.2, 0.25) is 5.02 Å². The molecule has 14 heavy (non-hydrogen) atoms. The summed E-state index contributed by atoms with van der Waals surface area (Å²) in [5.41, 5.74) is 0.723. The number of aromatic amines is 1. The number of H-pyrrole nitrogens is 1. The minimum atomic E-state index is -3.78. The van der Waals surface area contributed by atoms with Crippen LogP contribution in [0.25, 0.3) is 11.0 Å². The van der Waals surface area contributed by atoms with Gasteiger partial charge in [0.1, 0.15) is 10.4 Å². The molecule has 4 nitrogen and oxygen atoms in total. The van der Waals surface area contributed by atoms with Crippen molar-refractivity contribution in [1.82, 2.24) is 9.97 Å². The third-order valence-corrected chi connectivity index (χ3v) is 3.39. The van der Waals surface area contributed by atoms with Crippen LogP contribution in [0.1, 0.15) is 0 Å². The second kappa shape index (κ2) is 3.12. The number of halogens is 2. The summed E-state index contributed by atoms with van der Waals surface area (Å²) in [5, 5.41) is 0.404. The number of fused-ring (bicyclic) bond motifs is 1. The van der Waals surface area contributed by atoms with Gasteiger partial charge in [-0.15, -0.1) is 0 Å². The highest BCUT2D eigenvalue weighted by Gasteiger charge is 2.17. The van der Waals surface area contributed by atoms with E-state index in [1.54, 1.807) is 6.07 Å². The molecule has 74 valence electrons. The topological polar surface area (TPSA) is 62.8 Å². The largest absolute Gasteiger partial charge is 0.357 e. The summed E-state index contributed by atoms with van der Waals surface area (Å²) in [4.78, 5) is 6.54. The van der Waals surface area contributed by atoms with Gasteiger partial charge in [0.25, 0.3) is 9.05 Å². The van der Waals surface area contributed by atoms with Crippen LogP contribution in [0.15, 0.2) is 23.4 Å². The third-order valence-electron chi connectivity index (χ3n) is 1.74. The summed E-state index contributed by atoms with van der Waals surface area (Å²) in [6.45, 7) is 0. The molecule has 2 aromatic heterocycles. The first-order valence-electron chi connectivity index (χ1n) is 3.56. The van der Waals surface area contributed by atoms with E-state index >= 15 is 0 Å². The van der Waals surface area contributed by atoms with Crippen LogP contribution >= 0.6 is 22.3 Å². The van der Waals surface area contributed by atoms with Gasteiger partial charge in [-0.3, -0.25) is 4.98 Å². The van der Waals surface area contributed by atoms with Gasteiger partial charge in [-0.25, -0.2) is 8.42 Å². The van der Waals surface area contributed by atoms with Crippen LogP contribution in [0.4, 0.5) is 0 Å². The van der Waals surface area contributed by atoms with Crippen molar-refractivity contribution < 1.29 is 8.42 Å². The Kier molecular flexibility index (Phi) is 2.17. The minimum Gasteiger partial charge on any atom is -0.357 e. The smallest absolute Gasteiger partial charge is 0.264 e. The molecule has 0 saturated carbocycles. The highest BCUT2D eigenvalue weighted by Crippen LogP contribution is 2.27. The Morgan fingerprint density at radius 2 is 2.14 bits per heavy atom. The zero-order chi connectivity index (χ0) is 10.3. The van der Waals surface area contributed by atoms with E-state index in [0.29, 0.717) is 10.5 Å². The molecule has 0 spiro atoms. The summed E-state index contributed by atoms with van der Waals surface area (Å²) in [6.07, 6.45) is 2.69. The van der Waals surface area contributed by atoms with Crippen LogP contribution in [0, 0.1) is 0 Å². The van der Waals surface area contributed by atoms with Gasteiger partial charge in [0.2, 0.25) is 0 Å². The van der Waals surface area contributed by atoms with Gasteiger partial charge in [0.15, 0.2) is 0 Å². The van der Waals surface area contributed by atoms with Crippen molar-refractivity contribution in [3.8, 4) is 0 Å². The maximum Gasteiger partial charge on any atom is 0.264 e. The molecule has 0 saturated heterocycles. The van der Waals surface area contributed by atoms with E-state index in [1.165, 1.54) is 12.4 Å². The molecule has 0 amide bonds. The first-order chi connectivity index (χ1) is 6.50. The highest BCUT2D eigenvalue weighted by atomic mass is 35.7. The molecule has 0 radical (unpaired) electrons. The lowest BCUT2D eigenvalue weighted by Gasteiger charge is -1.93. The minimum absolute atomic E-state index is 0.0586. The van der Waals surface area contributed by atoms with Gasteiger partial charge in [0.05, 0.1) is 10.5 Å². The van der Waals surface area contributed by atoms with Crippen LogP contribution in [0.5, 0.6) is 0 Å². The molecule has 0 unspecified atom stereocenters. The molecule has 0 fully saturated rings. The Morgan fingerprint density at radius 1 is 1.43 bits per heavy atom. The number of hydrogen-bond acceptors (Lipinski definition) is 3. The molecule has 0 aliphatic carbocycles. The van der Waals surface area contributed by atoms with E-state index in [9.17, 15) is 8.42 Å². The molecular formula is C7H4Cl2N2O2S. The Bertz CT molecular complexity index is 591. The van der Waals surface area contributed by atoms with Gasteiger partial charge >= 0.3 is 0 Å². The standard InChI is InChI=1S/C7H4Cl2N2O2S/c8-4-1-2-10-7-5(14(9,12)13)3-11-6(4)7/h1-3,11H. The van der Waals surface area contributed by atoms with Gasteiger partial charge < -0.3 is 4.98 Å². The molecule has 2 aromatic rings. The maximum atomic E-state index is 11.1. The maximum absolute atomic E-state index is 11.1. The Labute approximate surface area is 89.3 Å². The van der Waals surface area contributed by atoms with E-state index in [1.807, 2.05) is 0 Å². The van der Waals surface area contributed by atoms with Crippen molar-refractivity contribution in [3.63, 3.8) is 0 Å². The normalized spacial score (nSPS) is 12.1. The highest BCUT2D eigenvalue weighted by molar-refractivity contribution is 8.14. The average molecular weight is 251 g/mol. The zero-order valence-corrected chi connectivity index (χ0v) is 8.99. The SMILES string of the molecule is O=S(=O)(Cl)c1c[nH]c2c(Cl)ccnc12. The van der Waals surface area contributed by atoms with Crippen molar-refractivity contribution >= 4 is 42.4 Å². The lowest BCUT2D eigenvalue weighted by molar-refractivity contribution is 0.610. The van der Waals surface area contributed by atoms with Crippen molar-refractivity contribution in [2.24, 2.45) is 0 Å². The summed E-state index contributed by atoms with van der Waals surface area (Å²) in [7, 11) is 1.42. The second-order valence-electron chi connectivity index (χ2n) is 2.61. The van der Waals surface area contributed by atoms with E-state index in [-0.39, 0.29) is 10.4 Å². The van der Waals surface area contributed by atoms with Gasteiger partial charge in [-0.1, -0.05) is 11.6 Å². The Hall–Kier alpha value is -0.780. The fourth-order valence-electron chi connectivity index (χ4n) is 1.15. The molecule has 2 rings (SSSR count). The number of nitrogens with one attached hydrogen (secondary N) is 1. The average Bonchev–Trinajstić information content (AvgIpc) is 2.47. The summed E-state index contributed by atoms with van der Waals surface area (Å²) in [6, 6.07) is 1.56. The quantitative estimate of drug-likeness (QED) is 0.790. The predicted molar refractivity (Wildman–Crippen MR) is 54.1 cm³/mol. The summed E-state index contributed by atoms with van der Waals surface area (Å²) < 4.78 is 22.2. The molecule has 0 aromatic carbocycles. The van der Waals surface area contributed by atoms with Crippen molar-refractivity contribution in [2.45, 2.75) is 4.90 Å². The molecule has 1 N–H and O–H groups in total. The van der Waals surface area contributed by atoms with Crippen LogP contribution in [-0.4, -0.2) is 18.4 Å². The number of pyridine rings is 1. The molecular weight excluding hydrogens is 247 g/mol. The van der Waals surface area contributed by atoms with Gasteiger partial charge in [0, 0.05) is 23.1 Å². The predicted octanol–water partition coefficient (Wildman–Crippen LogP) is 2.14. The van der Waals surface area contributed by atoms with Gasteiger partial charge in [-0.05, 0) is 6.07 Å². The molecule has 0 aliphatic rings. The number of aromatic nitrogens is 2. The van der Waals surface area contributed by atoms with Crippen LogP contribution < -0.4 is 0 Å². The lowest BCUT2D eigenvalue weighted by atomic mass is 10.4. The van der Waals surface area contributed by atoms with Crippen molar-refractivity contribution in [3.05, 3.63) is 23.5 Å². The first kappa shape index (κ1) is 9.76.